The summed E-state index contributed by atoms with van der Waals surface area (Å²) in [5.74, 6) is 0. The van der Waals surface area contributed by atoms with E-state index in [4.69, 9.17) is 10.5 Å². The molecule has 0 spiro atoms. The molecule has 1 rings (SSSR count). The van der Waals surface area contributed by atoms with E-state index in [-0.39, 0.29) is 12.1 Å². The molecule has 0 aliphatic rings. The summed E-state index contributed by atoms with van der Waals surface area (Å²) in [7, 11) is 1.76. The number of halogens is 1. The monoisotopic (exact) mass is 362 g/mol. The molecule has 3 nitrogen and oxygen atoms in total. The molecule has 0 amide bonds. The molecule has 3 unspecified atom stereocenters. The van der Waals surface area contributed by atoms with Gasteiger partial charge in [-0.25, -0.2) is 0 Å². The molecule has 1 aromatic rings. The lowest BCUT2D eigenvalue weighted by Gasteiger charge is -2.38. The lowest BCUT2D eigenvalue weighted by Crippen LogP contribution is -2.46. The number of thiophene rings is 1. The standard InChI is InChI=1S/C15H27BrN2OS/c1-5-11(3)18(9-10-19-4)15(12(17)6-2)13-7-8-14(16)20-13/h7-8,11-12,15H,5-6,9-10,17H2,1-4H3. The maximum atomic E-state index is 6.43. The first-order chi connectivity index (χ1) is 9.54. The molecule has 2 N–H and O–H groups in total. The molecule has 1 aromatic heterocycles. The van der Waals surface area contributed by atoms with Crippen LogP contribution < -0.4 is 5.73 Å². The van der Waals surface area contributed by atoms with Gasteiger partial charge < -0.3 is 10.5 Å². The zero-order chi connectivity index (χ0) is 15.1. The van der Waals surface area contributed by atoms with E-state index < -0.39 is 0 Å². The third kappa shape index (κ3) is 4.81. The van der Waals surface area contributed by atoms with E-state index in [1.807, 2.05) is 0 Å². The summed E-state index contributed by atoms with van der Waals surface area (Å²) in [4.78, 5) is 3.83. The Morgan fingerprint density at radius 1 is 1.35 bits per heavy atom. The van der Waals surface area contributed by atoms with Crippen molar-refractivity contribution >= 4 is 27.3 Å². The first kappa shape index (κ1) is 18.1. The fourth-order valence-electron chi connectivity index (χ4n) is 2.40. The Kier molecular flexibility index (Phi) is 8.29. The normalized spacial score (nSPS) is 16.4. The molecule has 0 saturated heterocycles. The summed E-state index contributed by atoms with van der Waals surface area (Å²) in [5.41, 5.74) is 6.43. The van der Waals surface area contributed by atoms with Crippen molar-refractivity contribution < 1.29 is 4.74 Å². The number of rotatable bonds is 9. The SMILES string of the molecule is CCC(N)C(c1ccc(Br)s1)N(CCOC)C(C)CC. The van der Waals surface area contributed by atoms with Gasteiger partial charge in [-0.2, -0.15) is 0 Å². The Labute approximate surface area is 135 Å². The van der Waals surface area contributed by atoms with Crippen molar-refractivity contribution in [3.05, 3.63) is 20.8 Å². The minimum Gasteiger partial charge on any atom is -0.383 e. The smallest absolute Gasteiger partial charge is 0.0702 e. The van der Waals surface area contributed by atoms with Crippen LogP contribution in [0.5, 0.6) is 0 Å². The first-order valence-electron chi connectivity index (χ1n) is 7.30. The van der Waals surface area contributed by atoms with Crippen LogP contribution in [0.25, 0.3) is 0 Å². The molecule has 0 aromatic carbocycles. The van der Waals surface area contributed by atoms with Gasteiger partial charge >= 0.3 is 0 Å². The topological polar surface area (TPSA) is 38.5 Å². The third-order valence-electron chi connectivity index (χ3n) is 3.83. The molecule has 116 valence electrons. The molecular weight excluding hydrogens is 336 g/mol. The second-order valence-corrected chi connectivity index (χ2v) is 7.64. The molecule has 3 atom stereocenters. The van der Waals surface area contributed by atoms with Crippen molar-refractivity contribution in [2.24, 2.45) is 5.73 Å². The minimum atomic E-state index is 0.145. The molecule has 20 heavy (non-hydrogen) atoms. The van der Waals surface area contributed by atoms with Gasteiger partial charge in [-0.3, -0.25) is 4.90 Å². The van der Waals surface area contributed by atoms with Crippen molar-refractivity contribution in [3.8, 4) is 0 Å². The largest absolute Gasteiger partial charge is 0.383 e. The molecule has 0 fully saturated rings. The zero-order valence-corrected chi connectivity index (χ0v) is 15.3. The molecule has 0 radical (unpaired) electrons. The van der Waals surface area contributed by atoms with Crippen LogP contribution in [-0.4, -0.2) is 37.2 Å². The van der Waals surface area contributed by atoms with E-state index in [0.717, 1.165) is 29.8 Å². The van der Waals surface area contributed by atoms with Gasteiger partial charge in [0.25, 0.3) is 0 Å². The molecule has 0 aliphatic carbocycles. The van der Waals surface area contributed by atoms with Gasteiger partial charge in [-0.1, -0.05) is 13.8 Å². The number of nitrogens with two attached hydrogens (primary N) is 1. The third-order valence-corrected chi connectivity index (χ3v) is 5.52. The van der Waals surface area contributed by atoms with E-state index in [9.17, 15) is 0 Å². The van der Waals surface area contributed by atoms with Crippen LogP contribution in [0.15, 0.2) is 15.9 Å². The summed E-state index contributed by atoms with van der Waals surface area (Å²) in [5, 5.41) is 0. The fourth-order valence-corrected chi connectivity index (χ4v) is 4.02. The highest BCUT2D eigenvalue weighted by Gasteiger charge is 2.29. The minimum absolute atomic E-state index is 0.145. The van der Waals surface area contributed by atoms with Crippen LogP contribution in [0, 0.1) is 0 Å². The van der Waals surface area contributed by atoms with Gasteiger partial charge in [0, 0.05) is 30.6 Å². The van der Waals surface area contributed by atoms with Crippen LogP contribution in [-0.2, 0) is 4.74 Å². The predicted octanol–water partition coefficient (Wildman–Crippen LogP) is 4.04. The van der Waals surface area contributed by atoms with E-state index in [2.05, 4.69) is 53.7 Å². The highest BCUT2D eigenvalue weighted by Crippen LogP contribution is 2.34. The van der Waals surface area contributed by atoms with Crippen LogP contribution in [0.1, 0.15) is 44.5 Å². The molecular formula is C15H27BrN2OS. The zero-order valence-electron chi connectivity index (χ0n) is 12.9. The molecule has 0 saturated carbocycles. The van der Waals surface area contributed by atoms with E-state index in [1.165, 1.54) is 4.88 Å². The number of ether oxygens (including phenoxy) is 1. The van der Waals surface area contributed by atoms with Gasteiger partial charge in [-0.05, 0) is 47.8 Å². The van der Waals surface area contributed by atoms with Gasteiger partial charge in [0.2, 0.25) is 0 Å². The van der Waals surface area contributed by atoms with Crippen molar-refractivity contribution in [2.45, 2.75) is 51.7 Å². The Morgan fingerprint density at radius 2 is 2.05 bits per heavy atom. The number of nitrogens with zero attached hydrogens (tertiary/aromatic N) is 1. The Bertz CT molecular complexity index is 386. The number of hydrogen-bond donors (Lipinski definition) is 1. The van der Waals surface area contributed by atoms with Crippen molar-refractivity contribution in [3.63, 3.8) is 0 Å². The summed E-state index contributed by atoms with van der Waals surface area (Å²) in [6.45, 7) is 8.31. The quantitative estimate of drug-likeness (QED) is 0.720. The molecule has 0 aliphatic heterocycles. The lowest BCUT2D eigenvalue weighted by atomic mass is 10.0. The van der Waals surface area contributed by atoms with Gasteiger partial charge in [-0.15, -0.1) is 11.3 Å². The Balaban J connectivity index is 3.03. The molecule has 1 heterocycles. The lowest BCUT2D eigenvalue weighted by molar-refractivity contribution is 0.0769. The Morgan fingerprint density at radius 3 is 2.50 bits per heavy atom. The van der Waals surface area contributed by atoms with Crippen molar-refractivity contribution in [1.82, 2.24) is 4.90 Å². The average Bonchev–Trinajstić information content (AvgIpc) is 2.87. The van der Waals surface area contributed by atoms with E-state index in [0.29, 0.717) is 6.04 Å². The number of hydrogen-bond acceptors (Lipinski definition) is 4. The van der Waals surface area contributed by atoms with E-state index >= 15 is 0 Å². The molecule has 0 bridgehead atoms. The van der Waals surface area contributed by atoms with Crippen LogP contribution in [0.3, 0.4) is 0 Å². The highest BCUT2D eigenvalue weighted by atomic mass is 79.9. The number of methoxy groups -OCH3 is 1. The summed E-state index contributed by atoms with van der Waals surface area (Å²) in [6, 6.07) is 5.21. The Hall–Kier alpha value is 0.0600. The molecule has 5 heteroatoms. The van der Waals surface area contributed by atoms with Gasteiger partial charge in [0.1, 0.15) is 0 Å². The van der Waals surface area contributed by atoms with Crippen LogP contribution in [0.2, 0.25) is 0 Å². The highest BCUT2D eigenvalue weighted by molar-refractivity contribution is 9.11. The summed E-state index contributed by atoms with van der Waals surface area (Å²) in [6.07, 6.45) is 2.09. The van der Waals surface area contributed by atoms with Crippen molar-refractivity contribution in [2.75, 3.05) is 20.3 Å². The summed E-state index contributed by atoms with van der Waals surface area (Å²) < 4.78 is 6.45. The summed E-state index contributed by atoms with van der Waals surface area (Å²) >= 11 is 5.35. The maximum Gasteiger partial charge on any atom is 0.0702 e. The van der Waals surface area contributed by atoms with Gasteiger partial charge in [0.05, 0.1) is 16.4 Å². The van der Waals surface area contributed by atoms with Crippen molar-refractivity contribution in [1.29, 1.82) is 0 Å². The maximum absolute atomic E-state index is 6.43. The second kappa shape index (κ2) is 9.15. The predicted molar refractivity (Wildman–Crippen MR) is 91.4 cm³/mol. The van der Waals surface area contributed by atoms with Crippen LogP contribution in [0.4, 0.5) is 0 Å². The van der Waals surface area contributed by atoms with Crippen LogP contribution >= 0.6 is 27.3 Å². The first-order valence-corrected chi connectivity index (χ1v) is 8.91. The fraction of sp³-hybridized carbons (Fsp3) is 0.733. The van der Waals surface area contributed by atoms with Gasteiger partial charge in [0.15, 0.2) is 0 Å². The van der Waals surface area contributed by atoms with E-state index in [1.54, 1.807) is 18.4 Å². The average molecular weight is 363 g/mol. The second-order valence-electron chi connectivity index (χ2n) is 5.15.